The van der Waals surface area contributed by atoms with Gasteiger partial charge in [0.05, 0.1) is 17.2 Å². The Balaban J connectivity index is 1.95. The van der Waals surface area contributed by atoms with E-state index in [0.717, 1.165) is 11.6 Å². The van der Waals surface area contributed by atoms with Crippen LogP contribution in [0.3, 0.4) is 0 Å². The summed E-state index contributed by atoms with van der Waals surface area (Å²) in [6, 6.07) is 17.0. The minimum Gasteiger partial charge on any atom is -0.478 e. The van der Waals surface area contributed by atoms with Crippen molar-refractivity contribution >= 4 is 17.7 Å². The Morgan fingerprint density at radius 1 is 1.09 bits per heavy atom. The van der Waals surface area contributed by atoms with Crippen molar-refractivity contribution in [2.45, 2.75) is 45.1 Å². The van der Waals surface area contributed by atoms with Crippen LogP contribution in [0.15, 0.2) is 88.8 Å². The van der Waals surface area contributed by atoms with Crippen molar-refractivity contribution in [2.24, 2.45) is 5.16 Å². The van der Waals surface area contributed by atoms with Crippen molar-refractivity contribution in [3.8, 4) is 0 Å². The summed E-state index contributed by atoms with van der Waals surface area (Å²) in [5, 5.41) is 23.9. The van der Waals surface area contributed by atoms with Crippen molar-refractivity contribution in [3.63, 3.8) is 0 Å². The predicted molar refractivity (Wildman–Crippen MR) is 124 cm³/mol. The Bertz CT molecular complexity index is 1090. The van der Waals surface area contributed by atoms with Gasteiger partial charge in [-0.05, 0) is 30.2 Å². The summed E-state index contributed by atoms with van der Waals surface area (Å²) >= 11 is 0. The topological polar surface area (TPSA) is 105 Å². The van der Waals surface area contributed by atoms with Gasteiger partial charge in [0.2, 0.25) is 6.17 Å². The first-order chi connectivity index (χ1) is 16.4. The van der Waals surface area contributed by atoms with Crippen molar-refractivity contribution in [2.75, 3.05) is 0 Å². The van der Waals surface area contributed by atoms with Gasteiger partial charge in [-0.1, -0.05) is 67.0 Å². The summed E-state index contributed by atoms with van der Waals surface area (Å²) in [7, 11) is 0. The van der Waals surface area contributed by atoms with E-state index in [2.05, 4.69) is 5.16 Å². The molecule has 34 heavy (non-hydrogen) atoms. The van der Waals surface area contributed by atoms with E-state index in [9.17, 15) is 19.8 Å². The van der Waals surface area contributed by atoms with Crippen molar-refractivity contribution in [1.29, 1.82) is 0 Å². The van der Waals surface area contributed by atoms with E-state index in [4.69, 9.17) is 9.57 Å². The summed E-state index contributed by atoms with van der Waals surface area (Å²) < 4.78 is 20.9. The number of rotatable bonds is 10. The summed E-state index contributed by atoms with van der Waals surface area (Å²) in [5.74, 6) is -2.72. The van der Waals surface area contributed by atoms with Gasteiger partial charge in [0, 0.05) is 12.0 Å². The summed E-state index contributed by atoms with van der Waals surface area (Å²) in [4.78, 5) is 29.9. The number of alkyl halides is 1. The SMILES string of the molecule is CCCC(O)CC1=C(OC(=O)c2ccccc2)C(F)C(=NOCc2ccccc2)C=C1C(=O)O. The number of carboxylic acid groups (broad SMARTS) is 1. The van der Waals surface area contributed by atoms with Crippen LogP contribution in [0.1, 0.15) is 42.1 Å². The zero-order valence-electron chi connectivity index (χ0n) is 18.7. The third-order valence-corrected chi connectivity index (χ3v) is 5.15. The van der Waals surface area contributed by atoms with Crippen LogP contribution >= 0.6 is 0 Å². The minimum atomic E-state index is -2.06. The van der Waals surface area contributed by atoms with Gasteiger partial charge < -0.3 is 19.8 Å². The first-order valence-corrected chi connectivity index (χ1v) is 10.9. The number of carboxylic acids is 1. The summed E-state index contributed by atoms with van der Waals surface area (Å²) in [6.45, 7) is 1.90. The number of esters is 1. The lowest BCUT2D eigenvalue weighted by Crippen LogP contribution is -2.30. The Morgan fingerprint density at radius 2 is 1.74 bits per heavy atom. The number of aliphatic hydroxyl groups excluding tert-OH is 1. The van der Waals surface area contributed by atoms with E-state index in [1.165, 1.54) is 12.1 Å². The lowest BCUT2D eigenvalue weighted by atomic mass is 9.89. The summed E-state index contributed by atoms with van der Waals surface area (Å²) in [6.07, 6.45) is -1.13. The Morgan fingerprint density at radius 3 is 2.35 bits per heavy atom. The number of aliphatic carboxylic acids is 1. The van der Waals surface area contributed by atoms with Gasteiger partial charge in [0.1, 0.15) is 12.3 Å². The zero-order valence-corrected chi connectivity index (χ0v) is 18.7. The second kappa shape index (κ2) is 11.9. The lowest BCUT2D eigenvalue weighted by molar-refractivity contribution is -0.132. The minimum absolute atomic E-state index is 0.0399. The number of carbonyl (C=O) groups is 2. The maximum Gasteiger partial charge on any atom is 0.343 e. The normalized spacial score (nSPS) is 17.8. The molecule has 0 heterocycles. The standard InChI is InChI=1S/C26H26FNO6/c1-2-9-19(29)14-20-21(25(30)31)15-22(28-33-16-17-10-5-3-6-11-17)23(27)24(20)34-26(32)18-12-7-4-8-13-18/h3-8,10-13,15,19,23,29H,2,9,14,16H2,1H3,(H,30,31). The highest BCUT2D eigenvalue weighted by atomic mass is 19.1. The van der Waals surface area contributed by atoms with E-state index in [1.54, 1.807) is 30.3 Å². The molecular weight excluding hydrogens is 441 g/mol. The number of halogens is 1. The maximum atomic E-state index is 15.6. The molecule has 3 rings (SSSR count). The Hall–Kier alpha value is -3.78. The van der Waals surface area contributed by atoms with Crippen LogP contribution in [0.4, 0.5) is 4.39 Å². The van der Waals surface area contributed by atoms with Crippen molar-refractivity contribution in [3.05, 3.63) is 94.8 Å². The third-order valence-electron chi connectivity index (χ3n) is 5.15. The average molecular weight is 467 g/mol. The number of ether oxygens (including phenoxy) is 1. The lowest BCUT2D eigenvalue weighted by Gasteiger charge is -2.24. The van der Waals surface area contributed by atoms with Gasteiger partial charge in [-0.2, -0.15) is 0 Å². The number of hydrogen-bond acceptors (Lipinski definition) is 6. The fourth-order valence-electron chi connectivity index (χ4n) is 3.48. The first-order valence-electron chi connectivity index (χ1n) is 10.9. The van der Waals surface area contributed by atoms with E-state index in [0.29, 0.717) is 12.8 Å². The highest BCUT2D eigenvalue weighted by Crippen LogP contribution is 2.32. The molecule has 2 aromatic rings. The quantitative estimate of drug-likeness (QED) is 0.391. The van der Waals surface area contributed by atoms with Crippen LogP contribution < -0.4 is 0 Å². The van der Waals surface area contributed by atoms with Gasteiger partial charge in [0.15, 0.2) is 5.76 Å². The molecular formula is C26H26FNO6. The van der Waals surface area contributed by atoms with Gasteiger partial charge >= 0.3 is 11.9 Å². The predicted octanol–water partition coefficient (Wildman–Crippen LogP) is 4.58. The smallest absolute Gasteiger partial charge is 0.343 e. The number of oxime groups is 1. The molecule has 0 radical (unpaired) electrons. The fraction of sp³-hybridized carbons (Fsp3) is 0.269. The van der Waals surface area contributed by atoms with Crippen LogP contribution in [0.5, 0.6) is 0 Å². The molecule has 0 saturated heterocycles. The molecule has 7 nitrogen and oxygen atoms in total. The molecule has 0 fully saturated rings. The van der Waals surface area contributed by atoms with E-state index in [-0.39, 0.29) is 35.4 Å². The van der Waals surface area contributed by atoms with Crippen molar-refractivity contribution < 1.29 is 33.8 Å². The molecule has 0 saturated carbocycles. The molecule has 2 unspecified atom stereocenters. The molecule has 8 heteroatoms. The molecule has 0 amide bonds. The number of nitrogens with zero attached hydrogens (tertiary/aromatic N) is 1. The molecule has 178 valence electrons. The maximum absolute atomic E-state index is 15.6. The second-order valence-corrected chi connectivity index (χ2v) is 7.75. The van der Waals surface area contributed by atoms with Gasteiger partial charge in [-0.3, -0.25) is 0 Å². The second-order valence-electron chi connectivity index (χ2n) is 7.75. The average Bonchev–Trinajstić information content (AvgIpc) is 2.83. The molecule has 0 aliphatic heterocycles. The van der Waals surface area contributed by atoms with E-state index < -0.39 is 30.0 Å². The number of allylic oxidation sites excluding steroid dienone is 2. The molecule has 2 N–H and O–H groups in total. The molecule has 0 bridgehead atoms. The molecule has 1 aliphatic rings. The zero-order chi connectivity index (χ0) is 24.5. The monoisotopic (exact) mass is 467 g/mol. The van der Waals surface area contributed by atoms with Gasteiger partial charge in [-0.15, -0.1) is 0 Å². The third kappa shape index (κ3) is 6.39. The summed E-state index contributed by atoms with van der Waals surface area (Å²) in [5.41, 5.74) is 0.197. The van der Waals surface area contributed by atoms with Crippen molar-refractivity contribution in [1.82, 2.24) is 0 Å². The molecule has 0 aromatic heterocycles. The largest absolute Gasteiger partial charge is 0.478 e. The fourth-order valence-corrected chi connectivity index (χ4v) is 3.48. The van der Waals surface area contributed by atoms with Crippen LogP contribution in [-0.4, -0.2) is 40.1 Å². The molecule has 0 spiro atoms. The van der Waals surface area contributed by atoms with Gasteiger partial charge in [0.25, 0.3) is 0 Å². The van der Waals surface area contributed by atoms with Crippen LogP contribution in [0.25, 0.3) is 0 Å². The number of benzene rings is 2. The molecule has 2 aromatic carbocycles. The Kier molecular flexibility index (Phi) is 8.70. The van der Waals surface area contributed by atoms with E-state index >= 15 is 4.39 Å². The number of carbonyl (C=O) groups excluding carboxylic acids is 1. The molecule has 1 aliphatic carbocycles. The van der Waals surface area contributed by atoms with Crippen LogP contribution in [0, 0.1) is 0 Å². The van der Waals surface area contributed by atoms with Gasteiger partial charge in [-0.25, -0.2) is 14.0 Å². The number of aliphatic hydroxyl groups is 1. The highest BCUT2D eigenvalue weighted by molar-refractivity contribution is 6.09. The van der Waals surface area contributed by atoms with Crippen LogP contribution in [-0.2, 0) is 21.0 Å². The Labute approximate surface area is 196 Å². The first kappa shape index (κ1) is 24.9. The molecule has 2 atom stereocenters. The van der Waals surface area contributed by atoms with Crippen LogP contribution in [0.2, 0.25) is 0 Å². The van der Waals surface area contributed by atoms with E-state index in [1.807, 2.05) is 25.1 Å². The highest BCUT2D eigenvalue weighted by Gasteiger charge is 2.36. The number of hydrogen-bond donors (Lipinski definition) is 2.